The summed E-state index contributed by atoms with van der Waals surface area (Å²) in [4.78, 5) is 28.1. The predicted molar refractivity (Wildman–Crippen MR) is 107 cm³/mol. The number of amides is 1. The molecule has 0 aliphatic carbocycles. The van der Waals surface area contributed by atoms with E-state index in [1.165, 1.54) is 18.3 Å². The summed E-state index contributed by atoms with van der Waals surface area (Å²) < 4.78 is 5.41. The third-order valence-corrected chi connectivity index (χ3v) is 4.44. The molecule has 0 fully saturated rings. The molecule has 0 aliphatic rings. The van der Waals surface area contributed by atoms with Crippen molar-refractivity contribution in [3.05, 3.63) is 65.2 Å². The number of thiazole rings is 1. The summed E-state index contributed by atoms with van der Waals surface area (Å²) in [6.07, 6.45) is 0. The first-order valence-corrected chi connectivity index (χ1v) is 9.31. The summed E-state index contributed by atoms with van der Waals surface area (Å²) in [5.74, 6) is 0.420. The summed E-state index contributed by atoms with van der Waals surface area (Å²) in [7, 11) is 0. The largest absolute Gasteiger partial charge is 0.494 e. The molecule has 1 heterocycles. The molecule has 0 saturated heterocycles. The normalized spacial score (nSPS) is 10.3. The average Bonchev–Trinajstić information content (AvgIpc) is 3.12. The van der Waals surface area contributed by atoms with E-state index in [0.29, 0.717) is 28.7 Å². The molecule has 3 rings (SSSR count). The number of rotatable bonds is 7. The number of hydrogen-bond acceptors (Lipinski definition) is 6. The maximum atomic E-state index is 12.4. The second kappa shape index (κ2) is 8.46. The third-order valence-electron chi connectivity index (χ3n) is 3.68. The smallest absolute Gasteiger partial charge is 0.275 e. The fourth-order valence-corrected chi connectivity index (χ4v) is 3.08. The molecule has 0 radical (unpaired) electrons. The second-order valence-corrected chi connectivity index (χ2v) is 6.57. The van der Waals surface area contributed by atoms with Gasteiger partial charge in [0.2, 0.25) is 0 Å². The van der Waals surface area contributed by atoms with Crippen molar-refractivity contribution in [3.63, 3.8) is 0 Å². The zero-order valence-electron chi connectivity index (χ0n) is 15.0. The van der Waals surface area contributed by atoms with Crippen molar-refractivity contribution in [3.8, 4) is 5.75 Å². The summed E-state index contributed by atoms with van der Waals surface area (Å²) in [6.45, 7) is 4.04. The van der Waals surface area contributed by atoms with Gasteiger partial charge in [0.25, 0.3) is 5.91 Å². The van der Waals surface area contributed by atoms with Gasteiger partial charge in [0.15, 0.2) is 10.9 Å². The van der Waals surface area contributed by atoms with Crippen LogP contribution >= 0.6 is 11.3 Å². The molecule has 0 atom stereocenters. The van der Waals surface area contributed by atoms with E-state index >= 15 is 0 Å². The van der Waals surface area contributed by atoms with Gasteiger partial charge in [-0.05, 0) is 50.2 Å². The van der Waals surface area contributed by atoms with Gasteiger partial charge in [-0.15, -0.1) is 11.3 Å². The van der Waals surface area contributed by atoms with Gasteiger partial charge in [0, 0.05) is 22.3 Å². The van der Waals surface area contributed by atoms with Gasteiger partial charge in [-0.25, -0.2) is 4.98 Å². The van der Waals surface area contributed by atoms with Gasteiger partial charge < -0.3 is 15.4 Å². The van der Waals surface area contributed by atoms with Crippen molar-refractivity contribution in [1.82, 2.24) is 4.98 Å². The van der Waals surface area contributed by atoms with E-state index in [1.54, 1.807) is 29.6 Å². The van der Waals surface area contributed by atoms with Gasteiger partial charge in [0.05, 0.1) is 6.61 Å². The Hall–Kier alpha value is -3.19. The molecule has 0 unspecified atom stereocenters. The number of aromatic nitrogens is 1. The first-order chi connectivity index (χ1) is 13.0. The molecule has 0 bridgehead atoms. The topological polar surface area (TPSA) is 80.3 Å². The van der Waals surface area contributed by atoms with Crippen LogP contribution in [0, 0.1) is 0 Å². The monoisotopic (exact) mass is 381 g/mol. The molecular weight excluding hydrogens is 362 g/mol. The second-order valence-electron chi connectivity index (χ2n) is 5.71. The third kappa shape index (κ3) is 4.92. The van der Waals surface area contributed by atoms with Crippen LogP contribution in [0.1, 0.15) is 34.7 Å². The Kier molecular flexibility index (Phi) is 5.83. The first kappa shape index (κ1) is 18.6. The fraction of sp³-hybridized carbons (Fsp3) is 0.150. The maximum Gasteiger partial charge on any atom is 0.275 e. The lowest BCUT2D eigenvalue weighted by atomic mass is 10.1. The Bertz CT molecular complexity index is 951. The minimum absolute atomic E-state index is 0.0541. The predicted octanol–water partition coefficient (Wildman–Crippen LogP) is 4.74. The van der Waals surface area contributed by atoms with E-state index in [2.05, 4.69) is 15.6 Å². The Morgan fingerprint density at radius 3 is 2.59 bits per heavy atom. The molecule has 6 nitrogen and oxygen atoms in total. The van der Waals surface area contributed by atoms with Crippen molar-refractivity contribution < 1.29 is 14.3 Å². The Morgan fingerprint density at radius 2 is 1.89 bits per heavy atom. The average molecular weight is 381 g/mol. The van der Waals surface area contributed by atoms with Crippen molar-refractivity contribution in [2.75, 3.05) is 17.2 Å². The molecule has 7 heteroatoms. The Morgan fingerprint density at radius 1 is 1.11 bits per heavy atom. The van der Waals surface area contributed by atoms with Crippen LogP contribution in [0.15, 0.2) is 53.9 Å². The number of benzene rings is 2. The van der Waals surface area contributed by atoms with Crippen LogP contribution in [0.2, 0.25) is 0 Å². The number of carbonyl (C=O) groups is 2. The molecule has 0 aliphatic heterocycles. The summed E-state index contributed by atoms with van der Waals surface area (Å²) in [6, 6.07) is 14.3. The molecule has 0 saturated carbocycles. The highest BCUT2D eigenvalue weighted by atomic mass is 32.1. The molecule has 0 spiro atoms. The van der Waals surface area contributed by atoms with E-state index < -0.39 is 0 Å². The summed E-state index contributed by atoms with van der Waals surface area (Å²) >= 11 is 1.34. The van der Waals surface area contributed by atoms with E-state index in [1.807, 2.05) is 31.2 Å². The van der Waals surface area contributed by atoms with Gasteiger partial charge in [-0.2, -0.15) is 0 Å². The number of ether oxygens (including phenoxy) is 1. The zero-order chi connectivity index (χ0) is 19.2. The van der Waals surface area contributed by atoms with E-state index in [9.17, 15) is 9.59 Å². The lowest BCUT2D eigenvalue weighted by molar-refractivity contribution is 0.100. The molecule has 1 aromatic heterocycles. The van der Waals surface area contributed by atoms with Crippen molar-refractivity contribution in [2.45, 2.75) is 13.8 Å². The molecular formula is C20H19N3O3S. The summed E-state index contributed by atoms with van der Waals surface area (Å²) in [5, 5.41) is 8.22. The molecule has 2 N–H and O–H groups in total. The maximum absolute atomic E-state index is 12.4. The quantitative estimate of drug-likeness (QED) is 0.578. The molecule has 2 aromatic carbocycles. The van der Waals surface area contributed by atoms with Gasteiger partial charge in [0.1, 0.15) is 11.4 Å². The number of ketones is 1. The zero-order valence-corrected chi connectivity index (χ0v) is 15.8. The van der Waals surface area contributed by atoms with Crippen molar-refractivity contribution >= 4 is 39.5 Å². The summed E-state index contributed by atoms with van der Waals surface area (Å²) in [5.41, 5.74) is 2.27. The molecule has 1 amide bonds. The lowest BCUT2D eigenvalue weighted by Gasteiger charge is -2.06. The van der Waals surface area contributed by atoms with Crippen molar-refractivity contribution in [1.29, 1.82) is 0 Å². The van der Waals surface area contributed by atoms with Crippen LogP contribution in [-0.2, 0) is 0 Å². The van der Waals surface area contributed by atoms with Crippen LogP contribution in [-0.4, -0.2) is 23.3 Å². The molecule has 27 heavy (non-hydrogen) atoms. The van der Waals surface area contributed by atoms with Gasteiger partial charge >= 0.3 is 0 Å². The van der Waals surface area contributed by atoms with Crippen LogP contribution < -0.4 is 15.4 Å². The highest BCUT2D eigenvalue weighted by Gasteiger charge is 2.12. The van der Waals surface area contributed by atoms with Crippen LogP contribution in [0.4, 0.5) is 16.5 Å². The minimum Gasteiger partial charge on any atom is -0.494 e. The Balaban J connectivity index is 1.65. The molecule has 3 aromatic rings. The number of anilines is 3. The number of carbonyl (C=O) groups excluding carboxylic acids is 2. The number of nitrogens with zero attached hydrogens (tertiary/aromatic N) is 1. The fourth-order valence-electron chi connectivity index (χ4n) is 2.37. The van der Waals surface area contributed by atoms with E-state index in [-0.39, 0.29) is 11.7 Å². The van der Waals surface area contributed by atoms with Crippen molar-refractivity contribution in [2.24, 2.45) is 0 Å². The molecule has 138 valence electrons. The standard InChI is InChI=1S/C20H19N3O3S/c1-3-26-17-9-7-15(8-10-17)22-20-23-18(12-27-20)19(25)21-16-6-4-5-14(11-16)13(2)24/h4-12H,3H2,1-2H3,(H,21,25)(H,22,23). The SMILES string of the molecule is CCOc1ccc(Nc2nc(C(=O)Nc3cccc(C(C)=O)c3)cs2)cc1. The van der Waals surface area contributed by atoms with Gasteiger partial charge in [-0.3, -0.25) is 9.59 Å². The van der Waals surface area contributed by atoms with Crippen LogP contribution in [0.25, 0.3) is 0 Å². The van der Waals surface area contributed by atoms with E-state index in [4.69, 9.17) is 4.74 Å². The number of nitrogens with one attached hydrogen (secondary N) is 2. The highest BCUT2D eigenvalue weighted by Crippen LogP contribution is 2.23. The number of hydrogen-bond donors (Lipinski definition) is 2. The number of Topliss-reactive ketones (excluding diaryl/α,β-unsaturated/α-hetero) is 1. The van der Waals surface area contributed by atoms with Crippen LogP contribution in [0.5, 0.6) is 5.75 Å². The van der Waals surface area contributed by atoms with E-state index in [0.717, 1.165) is 11.4 Å². The van der Waals surface area contributed by atoms with Crippen LogP contribution in [0.3, 0.4) is 0 Å². The lowest BCUT2D eigenvalue weighted by Crippen LogP contribution is -2.12. The minimum atomic E-state index is -0.327. The first-order valence-electron chi connectivity index (χ1n) is 8.43. The Labute approximate surface area is 161 Å². The van der Waals surface area contributed by atoms with Gasteiger partial charge in [-0.1, -0.05) is 12.1 Å². The highest BCUT2D eigenvalue weighted by molar-refractivity contribution is 7.14.